The largest absolute Gasteiger partial charge is 0.492 e. The van der Waals surface area contributed by atoms with Crippen molar-refractivity contribution < 1.29 is 4.74 Å². The fourth-order valence-corrected chi connectivity index (χ4v) is 4.09. The van der Waals surface area contributed by atoms with Crippen LogP contribution in [0.25, 0.3) is 10.9 Å². The SMILES string of the molecule is CCOc1ccccc1N1CCN(CCCCn2cnc3ccccc3c2=O)CC1. The number of nitrogens with zero attached hydrogens (tertiary/aromatic N) is 4. The Kier molecular flexibility index (Phi) is 6.64. The van der Waals surface area contributed by atoms with Gasteiger partial charge in [-0.3, -0.25) is 14.3 Å². The summed E-state index contributed by atoms with van der Waals surface area (Å²) in [6, 6.07) is 15.8. The Morgan fingerprint density at radius 3 is 2.50 bits per heavy atom. The van der Waals surface area contributed by atoms with E-state index in [1.165, 1.54) is 5.69 Å². The van der Waals surface area contributed by atoms with Crippen molar-refractivity contribution in [1.82, 2.24) is 14.5 Å². The van der Waals surface area contributed by atoms with Gasteiger partial charge in [0.05, 0.1) is 29.5 Å². The van der Waals surface area contributed by atoms with Crippen LogP contribution >= 0.6 is 0 Å². The topological polar surface area (TPSA) is 50.6 Å². The molecular weight excluding hydrogens is 376 g/mol. The van der Waals surface area contributed by atoms with E-state index in [-0.39, 0.29) is 5.56 Å². The third-order valence-electron chi connectivity index (χ3n) is 5.73. The number of aryl methyl sites for hydroxylation is 1. The lowest BCUT2D eigenvalue weighted by Gasteiger charge is -2.36. The highest BCUT2D eigenvalue weighted by atomic mass is 16.5. The first-order valence-corrected chi connectivity index (χ1v) is 10.9. The van der Waals surface area contributed by atoms with Gasteiger partial charge in [-0.2, -0.15) is 0 Å². The number of rotatable bonds is 8. The monoisotopic (exact) mass is 406 g/mol. The van der Waals surface area contributed by atoms with E-state index >= 15 is 0 Å². The van der Waals surface area contributed by atoms with Gasteiger partial charge in [-0.15, -0.1) is 0 Å². The fraction of sp³-hybridized carbons (Fsp3) is 0.417. The lowest BCUT2D eigenvalue weighted by atomic mass is 10.2. The molecule has 0 radical (unpaired) electrons. The molecule has 3 aromatic rings. The molecule has 1 aliphatic rings. The number of para-hydroxylation sites is 3. The van der Waals surface area contributed by atoms with Crippen LogP contribution in [0.3, 0.4) is 0 Å². The van der Waals surface area contributed by atoms with Crippen LogP contribution in [0.4, 0.5) is 5.69 Å². The van der Waals surface area contributed by atoms with Crippen molar-refractivity contribution in [1.29, 1.82) is 0 Å². The van der Waals surface area contributed by atoms with Crippen molar-refractivity contribution in [3.05, 3.63) is 65.2 Å². The molecule has 30 heavy (non-hydrogen) atoms. The van der Waals surface area contributed by atoms with Gasteiger partial charge in [0.25, 0.3) is 5.56 Å². The Morgan fingerprint density at radius 2 is 1.67 bits per heavy atom. The van der Waals surface area contributed by atoms with E-state index in [1.54, 1.807) is 10.9 Å². The molecule has 2 heterocycles. The second kappa shape index (κ2) is 9.76. The molecule has 0 amide bonds. The summed E-state index contributed by atoms with van der Waals surface area (Å²) in [5.74, 6) is 0.975. The molecule has 6 nitrogen and oxygen atoms in total. The van der Waals surface area contributed by atoms with Gasteiger partial charge in [0, 0.05) is 32.7 Å². The first kappa shape index (κ1) is 20.4. The molecule has 2 aromatic carbocycles. The molecule has 1 fully saturated rings. The van der Waals surface area contributed by atoms with E-state index in [9.17, 15) is 4.79 Å². The minimum Gasteiger partial charge on any atom is -0.492 e. The van der Waals surface area contributed by atoms with E-state index in [4.69, 9.17) is 4.74 Å². The molecule has 4 rings (SSSR count). The summed E-state index contributed by atoms with van der Waals surface area (Å²) in [5, 5.41) is 0.698. The van der Waals surface area contributed by atoms with Crippen LogP contribution in [-0.4, -0.2) is 53.8 Å². The van der Waals surface area contributed by atoms with Crippen molar-refractivity contribution >= 4 is 16.6 Å². The Balaban J connectivity index is 1.24. The quantitative estimate of drug-likeness (QED) is 0.537. The van der Waals surface area contributed by atoms with Crippen LogP contribution in [-0.2, 0) is 6.54 Å². The van der Waals surface area contributed by atoms with E-state index in [2.05, 4.69) is 33.0 Å². The Labute approximate surface area is 177 Å². The number of unbranched alkanes of at least 4 members (excludes halogenated alkanes) is 1. The van der Waals surface area contributed by atoms with Crippen LogP contribution < -0.4 is 15.2 Å². The van der Waals surface area contributed by atoms with Crippen molar-refractivity contribution in [2.45, 2.75) is 26.3 Å². The number of benzene rings is 2. The number of ether oxygens (including phenoxy) is 1. The average Bonchev–Trinajstić information content (AvgIpc) is 2.79. The van der Waals surface area contributed by atoms with Crippen LogP contribution in [0.15, 0.2) is 59.7 Å². The van der Waals surface area contributed by atoms with Gasteiger partial charge in [0.2, 0.25) is 0 Å². The van der Waals surface area contributed by atoms with Crippen LogP contribution in [0.2, 0.25) is 0 Å². The van der Waals surface area contributed by atoms with E-state index < -0.39 is 0 Å². The van der Waals surface area contributed by atoms with Gasteiger partial charge in [-0.1, -0.05) is 24.3 Å². The number of hydrogen-bond donors (Lipinski definition) is 0. The molecule has 1 aromatic heterocycles. The van der Waals surface area contributed by atoms with E-state index in [1.807, 2.05) is 37.3 Å². The second-order valence-corrected chi connectivity index (χ2v) is 7.70. The Bertz CT molecular complexity index is 1020. The average molecular weight is 407 g/mol. The van der Waals surface area contributed by atoms with Gasteiger partial charge in [0.1, 0.15) is 5.75 Å². The summed E-state index contributed by atoms with van der Waals surface area (Å²) < 4.78 is 7.53. The molecule has 0 spiro atoms. The predicted octanol–water partition coefficient (Wildman–Crippen LogP) is 3.40. The number of aromatic nitrogens is 2. The summed E-state index contributed by atoms with van der Waals surface area (Å²) >= 11 is 0. The molecule has 0 atom stereocenters. The highest BCUT2D eigenvalue weighted by Gasteiger charge is 2.19. The molecule has 0 bridgehead atoms. The standard InChI is InChI=1S/C24H30N4O2/c1-2-30-23-12-6-5-11-22(23)27-17-15-26(16-18-27)13-7-8-14-28-19-25-21-10-4-3-9-20(21)24(28)29/h3-6,9-12,19H,2,7-8,13-18H2,1H3. The Hall–Kier alpha value is -2.86. The number of anilines is 1. The zero-order chi connectivity index (χ0) is 20.8. The molecular formula is C24H30N4O2. The predicted molar refractivity (Wildman–Crippen MR) is 122 cm³/mol. The van der Waals surface area contributed by atoms with Gasteiger partial charge < -0.3 is 9.64 Å². The maximum Gasteiger partial charge on any atom is 0.261 e. The van der Waals surface area contributed by atoms with Gasteiger partial charge in [-0.05, 0) is 50.6 Å². The molecule has 0 aliphatic carbocycles. The minimum atomic E-state index is 0.0576. The van der Waals surface area contributed by atoms with Crippen molar-refractivity contribution in [3.8, 4) is 5.75 Å². The third kappa shape index (κ3) is 4.65. The Morgan fingerprint density at radius 1 is 0.933 bits per heavy atom. The molecule has 6 heteroatoms. The third-order valence-corrected chi connectivity index (χ3v) is 5.73. The maximum absolute atomic E-state index is 12.6. The highest BCUT2D eigenvalue weighted by Crippen LogP contribution is 2.28. The van der Waals surface area contributed by atoms with Crippen molar-refractivity contribution in [2.24, 2.45) is 0 Å². The maximum atomic E-state index is 12.6. The summed E-state index contributed by atoms with van der Waals surface area (Å²) in [6.45, 7) is 8.63. The molecule has 1 saturated heterocycles. The zero-order valence-corrected chi connectivity index (χ0v) is 17.7. The van der Waals surface area contributed by atoms with Gasteiger partial charge in [0.15, 0.2) is 0 Å². The summed E-state index contributed by atoms with van der Waals surface area (Å²) in [4.78, 5) is 21.9. The lowest BCUT2D eigenvalue weighted by Crippen LogP contribution is -2.46. The molecule has 1 aliphatic heterocycles. The number of fused-ring (bicyclic) bond motifs is 1. The smallest absolute Gasteiger partial charge is 0.261 e. The molecule has 0 saturated carbocycles. The first-order chi connectivity index (χ1) is 14.8. The van der Waals surface area contributed by atoms with Crippen molar-refractivity contribution in [2.75, 3.05) is 44.2 Å². The molecule has 0 N–H and O–H groups in total. The van der Waals surface area contributed by atoms with Gasteiger partial charge >= 0.3 is 0 Å². The number of piperazine rings is 1. The fourth-order valence-electron chi connectivity index (χ4n) is 4.09. The molecule has 0 unspecified atom stereocenters. The van der Waals surface area contributed by atoms with E-state index in [0.29, 0.717) is 12.0 Å². The summed E-state index contributed by atoms with van der Waals surface area (Å²) in [7, 11) is 0. The lowest BCUT2D eigenvalue weighted by molar-refractivity contribution is 0.250. The minimum absolute atomic E-state index is 0.0576. The summed E-state index contributed by atoms with van der Waals surface area (Å²) in [6.07, 6.45) is 3.74. The highest BCUT2D eigenvalue weighted by molar-refractivity contribution is 5.76. The second-order valence-electron chi connectivity index (χ2n) is 7.70. The van der Waals surface area contributed by atoms with Crippen LogP contribution in [0.5, 0.6) is 5.75 Å². The van der Waals surface area contributed by atoms with Crippen LogP contribution in [0, 0.1) is 0 Å². The van der Waals surface area contributed by atoms with E-state index in [0.717, 1.165) is 63.4 Å². The zero-order valence-electron chi connectivity index (χ0n) is 17.7. The van der Waals surface area contributed by atoms with Gasteiger partial charge in [-0.25, -0.2) is 4.98 Å². The first-order valence-electron chi connectivity index (χ1n) is 10.9. The van der Waals surface area contributed by atoms with Crippen LogP contribution in [0.1, 0.15) is 19.8 Å². The molecule has 158 valence electrons. The van der Waals surface area contributed by atoms with Crippen molar-refractivity contribution in [3.63, 3.8) is 0 Å². The number of hydrogen-bond acceptors (Lipinski definition) is 5. The summed E-state index contributed by atoms with van der Waals surface area (Å²) in [5.41, 5.74) is 2.02. The normalized spacial score (nSPS) is 14.9.